The number of carbonyl (C=O) groups is 1. The molecule has 3 heterocycles. The molecule has 1 aromatic carbocycles. The van der Waals surface area contributed by atoms with Crippen LogP contribution in [-0.2, 0) is 14.8 Å². The molecule has 0 unspecified atom stereocenters. The number of amides is 1. The molecule has 8 nitrogen and oxygen atoms in total. The first kappa shape index (κ1) is 21.2. The van der Waals surface area contributed by atoms with Crippen LogP contribution in [0.2, 0.25) is 0 Å². The lowest BCUT2D eigenvalue weighted by Gasteiger charge is -2.37. The number of rotatable bonds is 3. The van der Waals surface area contributed by atoms with Crippen LogP contribution in [0.3, 0.4) is 0 Å². The smallest absolute Gasteiger partial charge is 0.410 e. The first-order valence-corrected chi connectivity index (χ1v) is 11.6. The number of carbonyl (C=O) groups excluding carboxylic acids is 1. The summed E-state index contributed by atoms with van der Waals surface area (Å²) in [5.74, 6) is 0. The van der Waals surface area contributed by atoms with Gasteiger partial charge in [-0.05, 0) is 45.0 Å². The van der Waals surface area contributed by atoms with E-state index in [2.05, 4.69) is 9.88 Å². The first-order chi connectivity index (χ1) is 14.7. The molecule has 3 aromatic rings. The van der Waals surface area contributed by atoms with Crippen molar-refractivity contribution in [2.24, 2.45) is 0 Å². The molecular formula is C22H26N4O4S. The molecule has 31 heavy (non-hydrogen) atoms. The Bertz CT molecular complexity index is 1190. The minimum absolute atomic E-state index is 0.214. The van der Waals surface area contributed by atoms with Crippen molar-refractivity contribution in [1.29, 1.82) is 0 Å². The number of ether oxygens (including phenoxy) is 1. The van der Waals surface area contributed by atoms with Gasteiger partial charge in [-0.3, -0.25) is 0 Å². The number of nitrogens with zero attached hydrogens (tertiary/aromatic N) is 4. The lowest BCUT2D eigenvalue weighted by molar-refractivity contribution is 0.0240. The van der Waals surface area contributed by atoms with Crippen LogP contribution in [0, 0.1) is 0 Å². The predicted octanol–water partition coefficient (Wildman–Crippen LogP) is 3.33. The largest absolute Gasteiger partial charge is 0.444 e. The molecule has 0 radical (unpaired) electrons. The van der Waals surface area contributed by atoms with Gasteiger partial charge in [0.1, 0.15) is 5.60 Å². The Kier molecular flexibility index (Phi) is 5.38. The van der Waals surface area contributed by atoms with Gasteiger partial charge in [0.15, 0.2) is 5.65 Å². The van der Waals surface area contributed by atoms with Crippen molar-refractivity contribution in [3.05, 3.63) is 54.9 Å². The molecule has 0 aliphatic carbocycles. The van der Waals surface area contributed by atoms with Gasteiger partial charge in [-0.1, -0.05) is 18.2 Å². The van der Waals surface area contributed by atoms with Crippen LogP contribution in [0.25, 0.3) is 11.0 Å². The highest BCUT2D eigenvalue weighted by Crippen LogP contribution is 2.29. The number of benzene rings is 1. The van der Waals surface area contributed by atoms with Crippen molar-refractivity contribution in [3.8, 4) is 0 Å². The summed E-state index contributed by atoms with van der Waals surface area (Å²) in [7, 11) is -3.74. The van der Waals surface area contributed by atoms with Crippen LogP contribution in [0.15, 0.2) is 59.8 Å². The van der Waals surface area contributed by atoms with Crippen LogP contribution in [0.5, 0.6) is 0 Å². The second-order valence-corrected chi connectivity index (χ2v) is 10.3. The van der Waals surface area contributed by atoms with Crippen LogP contribution in [0.4, 0.5) is 10.5 Å². The fraction of sp³-hybridized carbons (Fsp3) is 0.364. The number of hydrogen-bond donors (Lipinski definition) is 0. The maximum Gasteiger partial charge on any atom is 0.410 e. The van der Waals surface area contributed by atoms with E-state index in [9.17, 15) is 13.2 Å². The molecule has 1 fully saturated rings. The van der Waals surface area contributed by atoms with Gasteiger partial charge in [0.2, 0.25) is 0 Å². The molecule has 0 saturated carbocycles. The average Bonchev–Trinajstić information content (AvgIpc) is 3.18. The van der Waals surface area contributed by atoms with Gasteiger partial charge in [-0.25, -0.2) is 22.2 Å². The Labute approximate surface area is 182 Å². The van der Waals surface area contributed by atoms with Gasteiger partial charge in [0.25, 0.3) is 10.0 Å². The minimum atomic E-state index is -3.74. The monoisotopic (exact) mass is 442 g/mol. The predicted molar refractivity (Wildman–Crippen MR) is 119 cm³/mol. The molecule has 9 heteroatoms. The summed E-state index contributed by atoms with van der Waals surface area (Å²) in [6.45, 7) is 7.85. The lowest BCUT2D eigenvalue weighted by Crippen LogP contribution is -2.50. The minimum Gasteiger partial charge on any atom is -0.444 e. The Morgan fingerprint density at radius 2 is 1.68 bits per heavy atom. The van der Waals surface area contributed by atoms with Crippen molar-refractivity contribution in [2.45, 2.75) is 31.3 Å². The van der Waals surface area contributed by atoms with E-state index in [-0.39, 0.29) is 11.0 Å². The maximum atomic E-state index is 13.1. The molecule has 4 rings (SSSR count). The Morgan fingerprint density at radius 3 is 2.32 bits per heavy atom. The summed E-state index contributed by atoms with van der Waals surface area (Å²) < 4.78 is 32.8. The summed E-state index contributed by atoms with van der Waals surface area (Å²) >= 11 is 0. The Hall–Kier alpha value is -3.07. The van der Waals surface area contributed by atoms with Crippen LogP contribution in [0.1, 0.15) is 20.8 Å². The SMILES string of the molecule is CC(C)(C)OC(=O)N1CCN(c2ccnc3c2ccn3S(=O)(=O)c2ccccc2)CC1. The van der Waals surface area contributed by atoms with Crippen molar-refractivity contribution >= 4 is 32.8 Å². The summed E-state index contributed by atoms with van der Waals surface area (Å²) in [4.78, 5) is 20.7. The second-order valence-electron chi connectivity index (χ2n) is 8.45. The van der Waals surface area contributed by atoms with E-state index >= 15 is 0 Å². The second kappa shape index (κ2) is 7.88. The van der Waals surface area contributed by atoms with E-state index in [1.165, 1.54) is 3.97 Å². The molecule has 1 aliphatic rings. The standard InChI is InChI=1S/C22H26N4O4S/c1-22(2,3)30-21(27)25-15-13-24(14-16-25)19-9-11-23-20-18(19)10-12-26(20)31(28,29)17-7-5-4-6-8-17/h4-12H,13-16H2,1-3H3. The van der Waals surface area contributed by atoms with E-state index in [1.54, 1.807) is 53.7 Å². The van der Waals surface area contributed by atoms with E-state index in [0.29, 0.717) is 31.8 Å². The molecule has 1 aliphatic heterocycles. The maximum absolute atomic E-state index is 13.1. The van der Waals surface area contributed by atoms with Gasteiger partial charge in [-0.15, -0.1) is 0 Å². The zero-order valence-corrected chi connectivity index (χ0v) is 18.7. The fourth-order valence-electron chi connectivity index (χ4n) is 3.63. The quantitative estimate of drug-likeness (QED) is 0.619. The third-order valence-electron chi connectivity index (χ3n) is 5.10. The number of piperazine rings is 1. The summed E-state index contributed by atoms with van der Waals surface area (Å²) in [5, 5.41) is 0.757. The van der Waals surface area contributed by atoms with Crippen molar-refractivity contribution in [1.82, 2.24) is 13.9 Å². The van der Waals surface area contributed by atoms with Crippen LogP contribution in [-0.4, -0.2) is 60.1 Å². The molecule has 0 N–H and O–H groups in total. The normalized spacial score (nSPS) is 15.3. The first-order valence-electron chi connectivity index (χ1n) is 10.2. The van der Waals surface area contributed by atoms with Gasteiger partial charge in [0.05, 0.1) is 4.90 Å². The van der Waals surface area contributed by atoms with E-state index in [4.69, 9.17) is 4.74 Å². The number of aromatic nitrogens is 2. The van der Waals surface area contributed by atoms with Crippen molar-refractivity contribution in [3.63, 3.8) is 0 Å². The Balaban J connectivity index is 1.58. The summed E-state index contributed by atoms with van der Waals surface area (Å²) in [5.41, 5.74) is 0.755. The Morgan fingerprint density at radius 1 is 1.00 bits per heavy atom. The molecular weight excluding hydrogens is 416 g/mol. The zero-order valence-electron chi connectivity index (χ0n) is 17.9. The number of anilines is 1. The molecule has 0 spiro atoms. The van der Waals surface area contributed by atoms with Gasteiger partial charge >= 0.3 is 6.09 Å². The molecule has 2 aromatic heterocycles. The molecule has 0 atom stereocenters. The number of fused-ring (bicyclic) bond motifs is 1. The van der Waals surface area contributed by atoms with Crippen LogP contribution >= 0.6 is 0 Å². The zero-order chi connectivity index (χ0) is 22.2. The molecule has 164 valence electrons. The van der Waals surface area contributed by atoms with Crippen LogP contribution < -0.4 is 4.90 Å². The molecule has 1 amide bonds. The fourth-order valence-corrected chi connectivity index (χ4v) is 4.96. The topological polar surface area (TPSA) is 84.7 Å². The molecule has 1 saturated heterocycles. The van der Waals surface area contributed by atoms with Crippen molar-refractivity contribution < 1.29 is 17.9 Å². The van der Waals surface area contributed by atoms with Gasteiger partial charge in [0, 0.05) is 49.6 Å². The summed E-state index contributed by atoms with van der Waals surface area (Å²) in [6.07, 6.45) is 2.85. The average molecular weight is 443 g/mol. The van der Waals surface area contributed by atoms with E-state index in [1.807, 2.05) is 26.8 Å². The van der Waals surface area contributed by atoms with Gasteiger partial charge < -0.3 is 14.5 Å². The molecule has 0 bridgehead atoms. The highest BCUT2D eigenvalue weighted by atomic mass is 32.2. The highest BCUT2D eigenvalue weighted by Gasteiger charge is 2.27. The van der Waals surface area contributed by atoms with E-state index in [0.717, 1.165) is 11.1 Å². The number of pyridine rings is 1. The highest BCUT2D eigenvalue weighted by molar-refractivity contribution is 7.90. The van der Waals surface area contributed by atoms with Gasteiger partial charge in [-0.2, -0.15) is 0 Å². The number of hydrogen-bond acceptors (Lipinski definition) is 6. The third-order valence-corrected chi connectivity index (χ3v) is 6.78. The summed E-state index contributed by atoms with van der Waals surface area (Å²) in [6, 6.07) is 12.0. The lowest BCUT2D eigenvalue weighted by atomic mass is 10.2. The van der Waals surface area contributed by atoms with E-state index < -0.39 is 15.6 Å². The third kappa shape index (κ3) is 4.23. The van der Waals surface area contributed by atoms with Crippen molar-refractivity contribution in [2.75, 3.05) is 31.1 Å².